The molecule has 0 aliphatic heterocycles. The number of anilines is 1. The zero-order valence-electron chi connectivity index (χ0n) is 17.8. The fourth-order valence-corrected chi connectivity index (χ4v) is 5.34. The molecule has 32 heavy (non-hydrogen) atoms. The van der Waals surface area contributed by atoms with Crippen molar-refractivity contribution in [2.24, 2.45) is 12.5 Å². The minimum Gasteiger partial charge on any atom is -0.487 e. The van der Waals surface area contributed by atoms with Gasteiger partial charge in [-0.25, -0.2) is 27.2 Å². The highest BCUT2D eigenvalue weighted by Crippen LogP contribution is 2.50. The van der Waals surface area contributed by atoms with Crippen LogP contribution >= 0.6 is 0 Å². The lowest BCUT2D eigenvalue weighted by Crippen LogP contribution is -2.29. The van der Waals surface area contributed by atoms with E-state index >= 15 is 0 Å². The Bertz CT molecular complexity index is 1230. The lowest BCUT2D eigenvalue weighted by atomic mass is 9.79. The van der Waals surface area contributed by atoms with E-state index in [0.29, 0.717) is 12.5 Å². The second-order valence-corrected chi connectivity index (χ2v) is 10.1. The first-order chi connectivity index (χ1) is 15.1. The van der Waals surface area contributed by atoms with Gasteiger partial charge in [0.05, 0.1) is 0 Å². The molecule has 2 unspecified atom stereocenters. The Morgan fingerprint density at radius 1 is 1.19 bits per heavy atom. The summed E-state index contributed by atoms with van der Waals surface area (Å²) in [5, 5.41) is 4.22. The zero-order chi connectivity index (χ0) is 23.1. The van der Waals surface area contributed by atoms with Crippen LogP contribution in [0.5, 0.6) is 5.75 Å². The molecule has 0 spiro atoms. The number of sulfonamides is 1. The van der Waals surface area contributed by atoms with Crippen molar-refractivity contribution in [3.05, 3.63) is 60.3 Å². The molecule has 2 heterocycles. The molecule has 3 aromatic rings. The van der Waals surface area contributed by atoms with Gasteiger partial charge in [0, 0.05) is 43.2 Å². The van der Waals surface area contributed by atoms with Crippen molar-refractivity contribution in [2.75, 3.05) is 4.72 Å². The van der Waals surface area contributed by atoms with Crippen LogP contribution in [0.2, 0.25) is 0 Å². The van der Waals surface area contributed by atoms with Gasteiger partial charge in [0.1, 0.15) is 29.0 Å². The summed E-state index contributed by atoms with van der Waals surface area (Å²) in [6, 6.07) is 4.58. The minimum absolute atomic E-state index is 0.0626. The summed E-state index contributed by atoms with van der Waals surface area (Å²) in [5.74, 6) is -2.59. The van der Waals surface area contributed by atoms with Crippen molar-refractivity contribution in [3.8, 4) is 5.75 Å². The summed E-state index contributed by atoms with van der Waals surface area (Å²) < 4.78 is 64.5. The van der Waals surface area contributed by atoms with Gasteiger partial charge < -0.3 is 4.74 Å². The fraction of sp³-hybridized carbons (Fsp3) is 0.381. The number of aryl methyl sites for hydroxylation is 1. The second kappa shape index (κ2) is 8.12. The molecule has 1 aliphatic rings. The van der Waals surface area contributed by atoms with Crippen LogP contribution < -0.4 is 9.46 Å². The van der Waals surface area contributed by atoms with E-state index in [2.05, 4.69) is 33.6 Å². The van der Waals surface area contributed by atoms with E-state index in [1.54, 1.807) is 10.9 Å². The van der Waals surface area contributed by atoms with Crippen molar-refractivity contribution in [1.82, 2.24) is 19.7 Å². The van der Waals surface area contributed by atoms with Gasteiger partial charge in [-0.05, 0) is 30.4 Å². The summed E-state index contributed by atoms with van der Waals surface area (Å²) in [6.45, 7) is 4.19. The van der Waals surface area contributed by atoms with E-state index in [1.165, 1.54) is 12.3 Å². The molecule has 2 aromatic heterocycles. The van der Waals surface area contributed by atoms with Crippen LogP contribution in [0.4, 0.5) is 14.6 Å². The maximum atomic E-state index is 14.9. The first-order valence-corrected chi connectivity index (χ1v) is 11.5. The Balaban J connectivity index is 1.62. The predicted molar refractivity (Wildman–Crippen MR) is 113 cm³/mol. The van der Waals surface area contributed by atoms with Gasteiger partial charge >= 0.3 is 0 Å². The molecule has 0 bridgehead atoms. The Kier molecular flexibility index (Phi) is 5.61. The predicted octanol–water partition coefficient (Wildman–Crippen LogP) is 3.64. The van der Waals surface area contributed by atoms with E-state index in [1.807, 2.05) is 13.1 Å². The van der Waals surface area contributed by atoms with Crippen LogP contribution in [0, 0.1) is 17.0 Å². The van der Waals surface area contributed by atoms with Crippen LogP contribution in [0.25, 0.3) is 0 Å². The number of hydrogen-bond donors (Lipinski definition) is 1. The van der Waals surface area contributed by atoms with Crippen LogP contribution in [-0.4, -0.2) is 34.3 Å². The van der Waals surface area contributed by atoms with Gasteiger partial charge in [-0.15, -0.1) is 0 Å². The summed E-state index contributed by atoms with van der Waals surface area (Å²) in [4.78, 5) is 6.57. The Hall–Kier alpha value is -3.08. The molecule has 0 amide bonds. The third-order valence-electron chi connectivity index (χ3n) is 5.84. The standard InChI is InChI=1S/C21H23F2N5O3S/c1-21(2)7-4-16(20(21)15-5-9-26-28(15)3)31-17-10-14(23)18(11-13(17)22)32(29,30)27-19-6-8-24-12-25-19/h5-6,8-12,16,20H,4,7H2,1-3H3,(H,24,25,27). The first kappa shape index (κ1) is 22.1. The molecule has 8 nitrogen and oxygen atoms in total. The zero-order valence-corrected chi connectivity index (χ0v) is 18.6. The number of hydrogen-bond acceptors (Lipinski definition) is 6. The molecule has 0 radical (unpaired) electrons. The van der Waals surface area contributed by atoms with Crippen molar-refractivity contribution >= 4 is 15.8 Å². The SMILES string of the molecule is Cn1nccc1C1C(Oc2cc(F)c(S(=O)(=O)Nc3ccncn3)cc2F)CCC1(C)C. The van der Waals surface area contributed by atoms with Gasteiger partial charge in [-0.3, -0.25) is 9.40 Å². The number of nitrogens with one attached hydrogen (secondary N) is 1. The number of ether oxygens (including phenoxy) is 1. The first-order valence-electron chi connectivity index (χ1n) is 10.0. The summed E-state index contributed by atoms with van der Waals surface area (Å²) >= 11 is 0. The van der Waals surface area contributed by atoms with Gasteiger partial charge in [-0.2, -0.15) is 5.10 Å². The maximum absolute atomic E-state index is 14.9. The molecule has 1 N–H and O–H groups in total. The van der Waals surface area contributed by atoms with E-state index in [-0.39, 0.29) is 22.9 Å². The molecule has 1 saturated carbocycles. The summed E-state index contributed by atoms with van der Waals surface area (Å²) in [6.07, 6.45) is 5.18. The van der Waals surface area contributed by atoms with E-state index in [9.17, 15) is 17.2 Å². The van der Waals surface area contributed by atoms with Crippen LogP contribution in [0.1, 0.15) is 38.3 Å². The van der Waals surface area contributed by atoms with Gasteiger partial charge in [0.25, 0.3) is 10.0 Å². The van der Waals surface area contributed by atoms with Crippen molar-refractivity contribution < 1.29 is 21.9 Å². The summed E-state index contributed by atoms with van der Waals surface area (Å²) in [7, 11) is -2.58. The average Bonchev–Trinajstić information content (AvgIpc) is 3.26. The van der Waals surface area contributed by atoms with Gasteiger partial charge in [-0.1, -0.05) is 13.8 Å². The number of aromatic nitrogens is 4. The molecule has 2 atom stereocenters. The maximum Gasteiger partial charge on any atom is 0.266 e. The monoisotopic (exact) mass is 463 g/mol. The Morgan fingerprint density at radius 3 is 2.62 bits per heavy atom. The molecule has 11 heteroatoms. The molecule has 1 aromatic carbocycles. The van der Waals surface area contributed by atoms with Crippen molar-refractivity contribution in [1.29, 1.82) is 0 Å². The normalized spacial score (nSPS) is 20.3. The topological polar surface area (TPSA) is 99.0 Å². The molecule has 4 rings (SSSR count). The lowest BCUT2D eigenvalue weighted by Gasteiger charge is -2.31. The average molecular weight is 464 g/mol. The lowest BCUT2D eigenvalue weighted by molar-refractivity contribution is 0.151. The van der Waals surface area contributed by atoms with Crippen molar-refractivity contribution in [3.63, 3.8) is 0 Å². The van der Waals surface area contributed by atoms with E-state index < -0.39 is 32.7 Å². The van der Waals surface area contributed by atoms with Crippen LogP contribution in [0.15, 0.2) is 47.9 Å². The minimum atomic E-state index is -4.40. The fourth-order valence-electron chi connectivity index (χ4n) is 4.26. The third-order valence-corrected chi connectivity index (χ3v) is 7.21. The molecule has 0 saturated heterocycles. The Labute approximate surface area is 184 Å². The largest absolute Gasteiger partial charge is 0.487 e. The van der Waals surface area contributed by atoms with E-state index in [0.717, 1.165) is 24.5 Å². The van der Waals surface area contributed by atoms with E-state index in [4.69, 9.17) is 4.74 Å². The highest BCUT2D eigenvalue weighted by Gasteiger charge is 2.46. The number of rotatable bonds is 6. The molecular weight excluding hydrogens is 440 g/mol. The van der Waals surface area contributed by atoms with Gasteiger partial charge in [0.2, 0.25) is 0 Å². The number of nitrogens with zero attached hydrogens (tertiary/aromatic N) is 4. The van der Waals surface area contributed by atoms with Crippen LogP contribution in [-0.2, 0) is 17.1 Å². The quantitative estimate of drug-likeness (QED) is 0.599. The van der Waals surface area contributed by atoms with Gasteiger partial charge in [0.15, 0.2) is 11.6 Å². The molecule has 1 aliphatic carbocycles. The third kappa shape index (κ3) is 4.16. The molecule has 1 fully saturated rings. The smallest absolute Gasteiger partial charge is 0.266 e. The second-order valence-electron chi connectivity index (χ2n) is 8.45. The van der Waals surface area contributed by atoms with Crippen LogP contribution in [0.3, 0.4) is 0 Å². The number of halogens is 2. The van der Waals surface area contributed by atoms with Crippen molar-refractivity contribution in [2.45, 2.75) is 43.6 Å². The highest BCUT2D eigenvalue weighted by atomic mass is 32.2. The highest BCUT2D eigenvalue weighted by molar-refractivity contribution is 7.92. The number of benzene rings is 1. The molecule has 170 valence electrons. The molecular formula is C21H23F2N5O3S. The Morgan fingerprint density at radius 2 is 1.97 bits per heavy atom. The summed E-state index contributed by atoms with van der Waals surface area (Å²) in [5.41, 5.74) is 0.796.